The third-order valence-corrected chi connectivity index (χ3v) is 4.53. The lowest BCUT2D eigenvalue weighted by Crippen LogP contribution is -2.56. The molecule has 0 aliphatic carbocycles. The van der Waals surface area contributed by atoms with Crippen LogP contribution in [0.3, 0.4) is 0 Å². The zero-order valence-corrected chi connectivity index (χ0v) is 17.8. The monoisotopic (exact) mass is 448 g/mol. The average molecular weight is 449 g/mol. The lowest BCUT2D eigenvalue weighted by Gasteiger charge is -2.23. The van der Waals surface area contributed by atoms with Gasteiger partial charge >= 0.3 is 5.97 Å². The second kappa shape index (κ2) is 14.6. The van der Waals surface area contributed by atoms with E-state index in [2.05, 4.69) is 28.6 Å². The number of carbonyl (C=O) groups excluding carboxylic acids is 4. The van der Waals surface area contributed by atoms with Gasteiger partial charge in [-0.15, -0.1) is 0 Å². The van der Waals surface area contributed by atoms with Gasteiger partial charge < -0.3 is 38.3 Å². The van der Waals surface area contributed by atoms with Crippen LogP contribution < -0.4 is 33.2 Å². The van der Waals surface area contributed by atoms with Crippen molar-refractivity contribution in [2.45, 2.75) is 63.2 Å². The van der Waals surface area contributed by atoms with Crippen molar-refractivity contribution < 1.29 is 29.1 Å². The van der Waals surface area contributed by atoms with Crippen molar-refractivity contribution in [3.63, 3.8) is 0 Å². The molecule has 0 rings (SSSR count). The van der Waals surface area contributed by atoms with Crippen molar-refractivity contribution in [2.24, 2.45) is 17.2 Å². The number of carboxylic acids is 1. The maximum atomic E-state index is 12.6. The summed E-state index contributed by atoms with van der Waals surface area (Å²) >= 11 is 3.85. The Morgan fingerprint density at radius 3 is 2.03 bits per heavy atom. The Kier molecular flexibility index (Phi) is 13.4. The highest BCUT2D eigenvalue weighted by Gasteiger charge is 2.27. The number of unbranched alkanes of at least 4 members (excludes halogenated alkanes) is 1. The van der Waals surface area contributed by atoms with Gasteiger partial charge in [0.05, 0.1) is 6.04 Å². The topological polar surface area (TPSA) is 220 Å². The first-order chi connectivity index (χ1) is 14.0. The molecule has 0 spiro atoms. The molecule has 12 nitrogen and oxygen atoms in total. The van der Waals surface area contributed by atoms with Gasteiger partial charge in [-0.25, -0.2) is 4.79 Å². The highest BCUT2D eigenvalue weighted by molar-refractivity contribution is 7.80. The van der Waals surface area contributed by atoms with E-state index in [1.165, 1.54) is 6.92 Å². The molecule has 13 heteroatoms. The standard InChI is InChI=1S/C17H32N6O6S/c1-9(14(25)23-12(8-30)17(28)29)21-16(27)11(4-2-3-7-18)22-15(26)10(19)5-6-13(20)24/h9-12,30H,2-8,18-19H2,1H3,(H2,20,24)(H,21,27)(H,22,26)(H,23,25)(H,28,29). The second-order valence-electron chi connectivity index (χ2n) is 6.77. The van der Waals surface area contributed by atoms with Crippen LogP contribution in [0.2, 0.25) is 0 Å². The number of rotatable bonds is 15. The fourth-order valence-corrected chi connectivity index (χ4v) is 2.58. The maximum absolute atomic E-state index is 12.6. The number of thiol groups is 1. The van der Waals surface area contributed by atoms with Crippen LogP contribution in [0.25, 0.3) is 0 Å². The number of hydrogen-bond donors (Lipinski definition) is 8. The molecule has 0 radical (unpaired) electrons. The summed E-state index contributed by atoms with van der Waals surface area (Å²) < 4.78 is 0. The number of hydrogen-bond acceptors (Lipinski definition) is 8. The normalized spacial score (nSPS) is 14.7. The van der Waals surface area contributed by atoms with Crippen LogP contribution in [0.5, 0.6) is 0 Å². The highest BCUT2D eigenvalue weighted by Crippen LogP contribution is 2.04. The number of nitrogens with two attached hydrogens (primary N) is 3. The molecular formula is C17H32N6O6S. The van der Waals surface area contributed by atoms with E-state index >= 15 is 0 Å². The van der Waals surface area contributed by atoms with E-state index in [1.807, 2.05) is 0 Å². The molecule has 0 fully saturated rings. The van der Waals surface area contributed by atoms with Crippen LogP contribution in [0.1, 0.15) is 39.0 Å². The first-order valence-corrected chi connectivity index (χ1v) is 10.1. The van der Waals surface area contributed by atoms with Gasteiger partial charge in [-0.3, -0.25) is 19.2 Å². The molecule has 0 aromatic heterocycles. The number of carboxylic acid groups (broad SMARTS) is 1. The Bertz CT molecular complexity index is 620. The lowest BCUT2D eigenvalue weighted by molar-refractivity contribution is -0.141. The number of carbonyl (C=O) groups is 5. The molecule has 4 atom stereocenters. The molecule has 0 bridgehead atoms. The van der Waals surface area contributed by atoms with Crippen LogP contribution in [0, 0.1) is 0 Å². The van der Waals surface area contributed by atoms with Gasteiger partial charge in [0.1, 0.15) is 18.1 Å². The minimum absolute atomic E-state index is 0.0252. The molecule has 0 aromatic carbocycles. The van der Waals surface area contributed by atoms with E-state index in [9.17, 15) is 24.0 Å². The Labute approximate surface area is 180 Å². The van der Waals surface area contributed by atoms with Crippen LogP contribution in [0.15, 0.2) is 0 Å². The Morgan fingerprint density at radius 2 is 1.53 bits per heavy atom. The Hall–Kier alpha value is -2.38. The predicted molar refractivity (Wildman–Crippen MR) is 112 cm³/mol. The molecule has 0 aliphatic heterocycles. The predicted octanol–water partition coefficient (Wildman–Crippen LogP) is -2.80. The molecule has 10 N–H and O–H groups in total. The largest absolute Gasteiger partial charge is 0.480 e. The maximum Gasteiger partial charge on any atom is 0.327 e. The van der Waals surface area contributed by atoms with E-state index in [4.69, 9.17) is 22.3 Å². The summed E-state index contributed by atoms with van der Waals surface area (Å²) in [5.41, 5.74) is 16.2. The SMILES string of the molecule is CC(NC(=O)C(CCCCN)NC(=O)C(N)CCC(N)=O)C(=O)NC(CS)C(=O)O. The van der Waals surface area contributed by atoms with E-state index in [1.54, 1.807) is 0 Å². The summed E-state index contributed by atoms with van der Waals surface area (Å²) in [5.74, 6) is -3.96. The summed E-state index contributed by atoms with van der Waals surface area (Å²) in [6.45, 7) is 1.78. The first-order valence-electron chi connectivity index (χ1n) is 9.52. The van der Waals surface area contributed by atoms with Gasteiger partial charge in [-0.1, -0.05) is 0 Å². The number of primary amides is 1. The van der Waals surface area contributed by atoms with Crippen molar-refractivity contribution >= 4 is 42.2 Å². The molecule has 0 saturated heterocycles. The van der Waals surface area contributed by atoms with Gasteiger partial charge in [-0.2, -0.15) is 12.6 Å². The van der Waals surface area contributed by atoms with Crippen LogP contribution >= 0.6 is 12.6 Å². The zero-order valence-electron chi connectivity index (χ0n) is 16.9. The van der Waals surface area contributed by atoms with Crippen LogP contribution in [-0.4, -0.2) is 71.2 Å². The molecule has 4 unspecified atom stereocenters. The summed E-state index contributed by atoms with van der Waals surface area (Å²) in [5, 5.41) is 16.2. The van der Waals surface area contributed by atoms with Gasteiger partial charge in [-0.05, 0) is 39.2 Å². The molecule has 0 heterocycles. The summed E-state index contributed by atoms with van der Waals surface area (Å²) in [6, 6.07) is -4.28. The van der Waals surface area contributed by atoms with Crippen molar-refractivity contribution in [2.75, 3.05) is 12.3 Å². The zero-order chi connectivity index (χ0) is 23.3. The lowest BCUT2D eigenvalue weighted by atomic mass is 10.1. The molecule has 0 aromatic rings. The van der Waals surface area contributed by atoms with Gasteiger partial charge in [0.15, 0.2) is 0 Å². The third-order valence-electron chi connectivity index (χ3n) is 4.17. The smallest absolute Gasteiger partial charge is 0.327 e. The third kappa shape index (κ3) is 11.0. The quantitative estimate of drug-likeness (QED) is 0.0963. The fourth-order valence-electron chi connectivity index (χ4n) is 2.33. The molecule has 4 amide bonds. The summed E-state index contributed by atoms with van der Waals surface area (Å²) in [6.07, 6.45) is 1.35. The molecule has 172 valence electrons. The van der Waals surface area contributed by atoms with Crippen LogP contribution in [-0.2, 0) is 24.0 Å². The summed E-state index contributed by atoms with van der Waals surface area (Å²) in [4.78, 5) is 58.8. The van der Waals surface area contributed by atoms with Crippen molar-refractivity contribution in [3.05, 3.63) is 0 Å². The van der Waals surface area contributed by atoms with Gasteiger partial charge in [0, 0.05) is 12.2 Å². The molecule has 30 heavy (non-hydrogen) atoms. The average Bonchev–Trinajstić information content (AvgIpc) is 2.68. The van der Waals surface area contributed by atoms with E-state index in [-0.39, 0.29) is 25.0 Å². The van der Waals surface area contributed by atoms with E-state index < -0.39 is 53.8 Å². The molecule has 0 aliphatic rings. The Morgan fingerprint density at radius 1 is 0.933 bits per heavy atom. The molecule has 0 saturated carbocycles. The minimum atomic E-state index is -1.26. The highest BCUT2D eigenvalue weighted by atomic mass is 32.1. The number of nitrogens with one attached hydrogen (secondary N) is 3. The van der Waals surface area contributed by atoms with Crippen molar-refractivity contribution in [1.82, 2.24) is 16.0 Å². The minimum Gasteiger partial charge on any atom is -0.480 e. The van der Waals surface area contributed by atoms with Gasteiger partial charge in [0.25, 0.3) is 0 Å². The number of amides is 4. The van der Waals surface area contributed by atoms with Crippen molar-refractivity contribution in [1.29, 1.82) is 0 Å². The van der Waals surface area contributed by atoms with Crippen molar-refractivity contribution in [3.8, 4) is 0 Å². The fraction of sp³-hybridized carbons (Fsp3) is 0.706. The summed E-state index contributed by atoms with van der Waals surface area (Å²) in [7, 11) is 0. The van der Waals surface area contributed by atoms with Gasteiger partial charge in [0.2, 0.25) is 23.6 Å². The molecular weight excluding hydrogens is 416 g/mol. The number of aliphatic carboxylic acids is 1. The van der Waals surface area contributed by atoms with E-state index in [0.29, 0.717) is 19.4 Å². The second-order valence-corrected chi connectivity index (χ2v) is 7.13. The first kappa shape index (κ1) is 27.6. The van der Waals surface area contributed by atoms with E-state index in [0.717, 1.165) is 0 Å². The van der Waals surface area contributed by atoms with Crippen LogP contribution in [0.4, 0.5) is 0 Å². The Balaban J connectivity index is 4.98.